The zero-order valence-corrected chi connectivity index (χ0v) is 9.29. The van der Waals surface area contributed by atoms with Crippen LogP contribution in [0.1, 0.15) is 27.2 Å². The Morgan fingerprint density at radius 1 is 1.57 bits per heavy atom. The maximum Gasteiger partial charge on any atom is 0.318 e. The SMILES string of the molecule is CC(C)CC1CN(C(C)CN)C(=O)N1. The lowest BCUT2D eigenvalue weighted by Gasteiger charge is -2.21. The second-order valence-electron chi connectivity index (χ2n) is 4.51. The molecule has 2 amide bonds. The van der Waals surface area contributed by atoms with E-state index >= 15 is 0 Å². The van der Waals surface area contributed by atoms with Gasteiger partial charge in [0.2, 0.25) is 0 Å². The topological polar surface area (TPSA) is 58.4 Å². The van der Waals surface area contributed by atoms with Crippen LogP contribution >= 0.6 is 0 Å². The summed E-state index contributed by atoms with van der Waals surface area (Å²) in [6.45, 7) is 7.65. The normalized spacial score (nSPS) is 24.2. The Bertz CT molecular complexity index is 206. The van der Waals surface area contributed by atoms with Crippen LogP contribution in [0, 0.1) is 5.92 Å². The smallest absolute Gasteiger partial charge is 0.318 e. The largest absolute Gasteiger partial charge is 0.333 e. The summed E-state index contributed by atoms with van der Waals surface area (Å²) in [5, 5.41) is 2.98. The lowest BCUT2D eigenvalue weighted by Crippen LogP contribution is -2.40. The van der Waals surface area contributed by atoms with Crippen LogP contribution in [0.25, 0.3) is 0 Å². The van der Waals surface area contributed by atoms with E-state index in [4.69, 9.17) is 5.73 Å². The predicted octanol–water partition coefficient (Wildman–Crippen LogP) is 0.774. The van der Waals surface area contributed by atoms with E-state index in [1.807, 2.05) is 11.8 Å². The molecular weight excluding hydrogens is 178 g/mol. The molecule has 0 bridgehead atoms. The van der Waals surface area contributed by atoms with Crippen LogP contribution in [-0.2, 0) is 0 Å². The lowest BCUT2D eigenvalue weighted by molar-refractivity contribution is 0.203. The van der Waals surface area contributed by atoms with Gasteiger partial charge in [0.25, 0.3) is 0 Å². The first-order valence-electron chi connectivity index (χ1n) is 5.31. The van der Waals surface area contributed by atoms with Crippen molar-refractivity contribution in [3.63, 3.8) is 0 Å². The summed E-state index contributed by atoms with van der Waals surface area (Å²) in [5.41, 5.74) is 5.54. The molecule has 2 atom stereocenters. The maximum absolute atomic E-state index is 11.5. The third kappa shape index (κ3) is 2.61. The van der Waals surface area contributed by atoms with E-state index in [1.54, 1.807) is 0 Å². The molecule has 0 aliphatic carbocycles. The van der Waals surface area contributed by atoms with Crippen molar-refractivity contribution < 1.29 is 4.79 Å². The van der Waals surface area contributed by atoms with Crippen molar-refractivity contribution in [2.24, 2.45) is 11.7 Å². The number of carbonyl (C=O) groups excluding carboxylic acids is 1. The third-order valence-corrected chi connectivity index (χ3v) is 2.63. The van der Waals surface area contributed by atoms with Crippen molar-refractivity contribution in [3.05, 3.63) is 0 Å². The monoisotopic (exact) mass is 199 g/mol. The summed E-state index contributed by atoms with van der Waals surface area (Å²) in [7, 11) is 0. The summed E-state index contributed by atoms with van der Waals surface area (Å²) < 4.78 is 0. The van der Waals surface area contributed by atoms with E-state index in [1.165, 1.54) is 0 Å². The van der Waals surface area contributed by atoms with Gasteiger partial charge in [0.15, 0.2) is 0 Å². The molecule has 0 aromatic heterocycles. The van der Waals surface area contributed by atoms with Gasteiger partial charge in [-0.25, -0.2) is 4.79 Å². The molecule has 1 saturated heterocycles. The molecule has 3 N–H and O–H groups in total. The number of nitrogens with zero attached hydrogens (tertiary/aromatic N) is 1. The first-order chi connectivity index (χ1) is 6.54. The predicted molar refractivity (Wildman–Crippen MR) is 57.0 cm³/mol. The summed E-state index contributed by atoms with van der Waals surface area (Å²) >= 11 is 0. The van der Waals surface area contributed by atoms with Gasteiger partial charge in [-0.3, -0.25) is 0 Å². The molecule has 0 spiro atoms. The van der Waals surface area contributed by atoms with E-state index < -0.39 is 0 Å². The second-order valence-corrected chi connectivity index (χ2v) is 4.51. The van der Waals surface area contributed by atoms with Crippen molar-refractivity contribution >= 4 is 6.03 Å². The Balaban J connectivity index is 2.47. The Hall–Kier alpha value is -0.770. The maximum atomic E-state index is 11.5. The van der Waals surface area contributed by atoms with Crippen molar-refractivity contribution in [1.82, 2.24) is 10.2 Å². The number of hydrogen-bond donors (Lipinski definition) is 2. The molecule has 1 aliphatic rings. The molecule has 0 radical (unpaired) electrons. The molecule has 14 heavy (non-hydrogen) atoms. The molecule has 0 saturated carbocycles. The van der Waals surface area contributed by atoms with Gasteiger partial charge in [-0.05, 0) is 19.3 Å². The minimum Gasteiger partial charge on any atom is -0.333 e. The number of rotatable bonds is 4. The fourth-order valence-electron chi connectivity index (χ4n) is 1.83. The number of urea groups is 1. The summed E-state index contributed by atoms with van der Waals surface area (Å²) in [6, 6.07) is 0.484. The third-order valence-electron chi connectivity index (χ3n) is 2.63. The van der Waals surface area contributed by atoms with Crippen LogP contribution in [-0.4, -0.2) is 36.1 Å². The number of nitrogens with two attached hydrogens (primary N) is 1. The van der Waals surface area contributed by atoms with Gasteiger partial charge >= 0.3 is 6.03 Å². The molecule has 1 rings (SSSR count). The fraction of sp³-hybridized carbons (Fsp3) is 0.900. The van der Waals surface area contributed by atoms with Gasteiger partial charge in [-0.1, -0.05) is 13.8 Å². The Morgan fingerprint density at radius 3 is 2.71 bits per heavy atom. The lowest BCUT2D eigenvalue weighted by atomic mass is 10.0. The fourth-order valence-corrected chi connectivity index (χ4v) is 1.83. The van der Waals surface area contributed by atoms with Crippen LogP contribution in [0.2, 0.25) is 0 Å². The zero-order chi connectivity index (χ0) is 10.7. The van der Waals surface area contributed by atoms with Gasteiger partial charge in [0.05, 0.1) is 0 Å². The van der Waals surface area contributed by atoms with E-state index in [0.29, 0.717) is 18.5 Å². The van der Waals surface area contributed by atoms with E-state index in [9.17, 15) is 4.79 Å². The average molecular weight is 199 g/mol. The van der Waals surface area contributed by atoms with Gasteiger partial charge in [0, 0.05) is 25.2 Å². The van der Waals surface area contributed by atoms with Crippen molar-refractivity contribution in [1.29, 1.82) is 0 Å². The highest BCUT2D eigenvalue weighted by Crippen LogP contribution is 2.14. The van der Waals surface area contributed by atoms with Crippen LogP contribution in [0.5, 0.6) is 0 Å². The highest BCUT2D eigenvalue weighted by atomic mass is 16.2. The molecule has 82 valence electrons. The first-order valence-corrected chi connectivity index (χ1v) is 5.31. The molecule has 1 heterocycles. The van der Waals surface area contributed by atoms with Gasteiger partial charge < -0.3 is 16.0 Å². The van der Waals surface area contributed by atoms with Crippen molar-refractivity contribution in [2.75, 3.05) is 13.1 Å². The molecule has 4 heteroatoms. The highest BCUT2D eigenvalue weighted by Gasteiger charge is 2.31. The Kier molecular flexibility index (Phi) is 3.75. The van der Waals surface area contributed by atoms with E-state index in [-0.39, 0.29) is 12.1 Å². The quantitative estimate of drug-likeness (QED) is 0.702. The molecule has 4 nitrogen and oxygen atoms in total. The minimum atomic E-state index is 0.0357. The second kappa shape index (κ2) is 4.64. The number of nitrogens with one attached hydrogen (secondary N) is 1. The van der Waals surface area contributed by atoms with Gasteiger partial charge in [-0.15, -0.1) is 0 Å². The molecule has 2 unspecified atom stereocenters. The molecule has 1 aliphatic heterocycles. The van der Waals surface area contributed by atoms with Gasteiger partial charge in [0.1, 0.15) is 0 Å². The van der Waals surface area contributed by atoms with Crippen LogP contribution < -0.4 is 11.1 Å². The summed E-state index contributed by atoms with van der Waals surface area (Å²) in [5.74, 6) is 0.619. The first kappa shape index (κ1) is 11.3. The van der Waals surface area contributed by atoms with Crippen LogP contribution in [0.3, 0.4) is 0 Å². The molecule has 0 aromatic rings. The molecule has 1 fully saturated rings. The van der Waals surface area contributed by atoms with Gasteiger partial charge in [-0.2, -0.15) is 0 Å². The molecule has 0 aromatic carbocycles. The highest BCUT2D eigenvalue weighted by molar-refractivity contribution is 5.77. The summed E-state index contributed by atoms with van der Waals surface area (Å²) in [6.07, 6.45) is 1.04. The zero-order valence-electron chi connectivity index (χ0n) is 9.29. The Labute approximate surface area is 85.8 Å². The van der Waals surface area contributed by atoms with Crippen LogP contribution in [0.4, 0.5) is 4.79 Å². The van der Waals surface area contributed by atoms with E-state index in [0.717, 1.165) is 13.0 Å². The standard InChI is InChI=1S/C10H21N3O/c1-7(2)4-9-6-13(8(3)5-11)10(14)12-9/h7-9H,4-6,11H2,1-3H3,(H,12,14). The Morgan fingerprint density at radius 2 is 2.21 bits per heavy atom. The van der Waals surface area contributed by atoms with Crippen LogP contribution in [0.15, 0.2) is 0 Å². The summed E-state index contributed by atoms with van der Waals surface area (Å²) in [4.78, 5) is 13.4. The average Bonchev–Trinajstić information content (AvgIpc) is 2.44. The number of hydrogen-bond acceptors (Lipinski definition) is 2. The van der Waals surface area contributed by atoms with Crippen molar-refractivity contribution in [3.8, 4) is 0 Å². The van der Waals surface area contributed by atoms with Crippen molar-refractivity contribution in [2.45, 2.75) is 39.3 Å². The molecular formula is C10H21N3O. The van der Waals surface area contributed by atoms with E-state index in [2.05, 4.69) is 19.2 Å². The number of amides is 2. The minimum absolute atomic E-state index is 0.0357. The number of carbonyl (C=O) groups is 1.